The topological polar surface area (TPSA) is 104 Å². The molecule has 2 aromatic carbocycles. The van der Waals surface area contributed by atoms with Crippen molar-refractivity contribution in [1.29, 1.82) is 0 Å². The summed E-state index contributed by atoms with van der Waals surface area (Å²) < 4.78 is 35.3. The van der Waals surface area contributed by atoms with Crippen molar-refractivity contribution in [2.45, 2.75) is 53.9 Å². The van der Waals surface area contributed by atoms with Crippen LogP contribution in [0, 0.1) is 13.8 Å². The Morgan fingerprint density at radius 1 is 0.587 bits per heavy atom. The molecule has 0 spiro atoms. The second-order valence-electron chi connectivity index (χ2n) is 10.7. The van der Waals surface area contributed by atoms with E-state index in [2.05, 4.69) is 9.98 Å². The molecular weight excluding hydrogens is 635 g/mol. The first-order valence-corrected chi connectivity index (χ1v) is 15.2. The van der Waals surface area contributed by atoms with Gasteiger partial charge in [-0.15, -0.1) is 0 Å². The first kappa shape index (κ1) is 34.8. The summed E-state index contributed by atoms with van der Waals surface area (Å²) in [4.78, 5) is 28.1. The van der Waals surface area contributed by atoms with Gasteiger partial charge in [0.15, 0.2) is 23.0 Å². The summed E-state index contributed by atoms with van der Waals surface area (Å²) in [5.41, 5.74) is 4.05. The quantitative estimate of drug-likeness (QED) is 0.246. The summed E-state index contributed by atoms with van der Waals surface area (Å²) in [6.07, 6.45) is 2.47. The minimum Gasteiger partial charge on any atom is -0.492 e. The number of ether oxygens (including phenoxy) is 6. The monoisotopic (exact) mass is 674 g/mol. The second kappa shape index (κ2) is 13.7. The number of ketones is 1. The van der Waals surface area contributed by atoms with Crippen LogP contribution in [0.4, 0.5) is 11.4 Å². The zero-order chi connectivity index (χ0) is 34.2. The SMILES string of the molecule is COc1c(OC)c(C(=O)c2c(C)c(N3C(C)=C(Cl)C=NC3C)c(OC)c(OC)c2OC)c(C)c(N2C(C)=C(Cl)C=NC2C)c1OC. The van der Waals surface area contributed by atoms with Crippen molar-refractivity contribution in [3.8, 4) is 34.5 Å². The van der Waals surface area contributed by atoms with Crippen molar-refractivity contribution >= 4 is 52.8 Å². The van der Waals surface area contributed by atoms with E-state index in [1.54, 1.807) is 12.4 Å². The number of carbonyl (C=O) groups is 1. The first-order valence-electron chi connectivity index (χ1n) is 14.4. The number of halogens is 2. The predicted octanol–water partition coefficient (Wildman–Crippen LogP) is 7.00. The number of hydrogen-bond acceptors (Lipinski definition) is 11. The van der Waals surface area contributed by atoms with Crippen molar-refractivity contribution in [2.75, 3.05) is 52.5 Å². The largest absolute Gasteiger partial charge is 0.492 e. The molecule has 4 rings (SSSR count). The van der Waals surface area contributed by atoms with Crippen molar-refractivity contribution < 1.29 is 33.2 Å². The number of methoxy groups -OCH3 is 6. The molecule has 0 aliphatic carbocycles. The van der Waals surface area contributed by atoms with Crippen LogP contribution in [-0.2, 0) is 0 Å². The first-order chi connectivity index (χ1) is 21.9. The Morgan fingerprint density at radius 3 is 1.17 bits per heavy atom. The molecule has 2 aliphatic heterocycles. The third-order valence-corrected chi connectivity index (χ3v) is 9.04. The van der Waals surface area contributed by atoms with Gasteiger partial charge in [-0.05, 0) is 52.7 Å². The zero-order valence-electron chi connectivity index (χ0n) is 28.2. The number of allylic oxidation sites excluding steroid dienone is 4. The van der Waals surface area contributed by atoms with E-state index in [4.69, 9.17) is 51.6 Å². The smallest absolute Gasteiger partial charge is 0.206 e. The molecule has 0 amide bonds. The van der Waals surface area contributed by atoms with Gasteiger partial charge in [0.05, 0.1) is 75.2 Å². The molecule has 0 N–H and O–H groups in total. The van der Waals surface area contributed by atoms with E-state index >= 15 is 4.79 Å². The van der Waals surface area contributed by atoms with E-state index in [-0.39, 0.29) is 46.5 Å². The van der Waals surface area contributed by atoms with E-state index in [1.165, 1.54) is 42.7 Å². The lowest BCUT2D eigenvalue weighted by Crippen LogP contribution is -2.35. The molecule has 2 heterocycles. The Morgan fingerprint density at radius 2 is 0.891 bits per heavy atom. The highest BCUT2D eigenvalue weighted by Gasteiger charge is 2.39. The summed E-state index contributed by atoms with van der Waals surface area (Å²) in [6, 6.07) is 0. The van der Waals surface area contributed by atoms with Gasteiger partial charge in [-0.25, -0.2) is 0 Å². The number of benzene rings is 2. The Kier molecular flexibility index (Phi) is 10.4. The van der Waals surface area contributed by atoms with Crippen molar-refractivity contribution in [3.05, 3.63) is 43.7 Å². The lowest BCUT2D eigenvalue weighted by Gasteiger charge is -2.36. The normalized spacial score (nSPS) is 17.9. The molecule has 2 atom stereocenters. The third-order valence-electron chi connectivity index (χ3n) is 8.30. The summed E-state index contributed by atoms with van der Waals surface area (Å²) >= 11 is 13.1. The van der Waals surface area contributed by atoms with Gasteiger partial charge in [0, 0.05) is 23.8 Å². The summed E-state index contributed by atoms with van der Waals surface area (Å²) in [5.74, 6) is 1.10. The van der Waals surface area contributed by atoms with Crippen LogP contribution in [0.15, 0.2) is 31.4 Å². The number of anilines is 2. The summed E-state index contributed by atoms with van der Waals surface area (Å²) in [6.45, 7) is 11.2. The Hall–Kier alpha value is -4.09. The van der Waals surface area contributed by atoms with E-state index in [9.17, 15) is 0 Å². The van der Waals surface area contributed by atoms with Gasteiger partial charge in [-0.3, -0.25) is 14.8 Å². The predicted molar refractivity (Wildman–Crippen MR) is 183 cm³/mol. The Labute approximate surface area is 280 Å². The summed E-state index contributed by atoms with van der Waals surface area (Å²) in [5, 5.41) is 0.898. The van der Waals surface area contributed by atoms with Gasteiger partial charge < -0.3 is 38.2 Å². The summed E-state index contributed by atoms with van der Waals surface area (Å²) in [7, 11) is 8.96. The molecular formula is C33H40Cl2N4O7. The number of nitrogens with zero attached hydrogens (tertiary/aromatic N) is 4. The van der Waals surface area contributed by atoms with Gasteiger partial charge in [0.2, 0.25) is 17.3 Å². The molecule has 46 heavy (non-hydrogen) atoms. The minimum atomic E-state index is -0.421. The molecule has 11 nitrogen and oxygen atoms in total. The Balaban J connectivity index is 2.17. The van der Waals surface area contributed by atoms with Crippen molar-refractivity contribution in [2.24, 2.45) is 9.98 Å². The molecule has 2 aromatic rings. The van der Waals surface area contributed by atoms with E-state index in [0.29, 0.717) is 44.1 Å². The maximum absolute atomic E-state index is 15.2. The Bertz CT molecular complexity index is 1580. The van der Waals surface area contributed by atoms with Gasteiger partial charge in [-0.2, -0.15) is 0 Å². The maximum Gasteiger partial charge on any atom is 0.206 e. The molecule has 2 unspecified atom stereocenters. The van der Waals surface area contributed by atoms with Crippen LogP contribution >= 0.6 is 23.2 Å². The molecule has 2 aliphatic rings. The zero-order valence-corrected chi connectivity index (χ0v) is 29.7. The third kappa shape index (κ3) is 5.39. The number of aliphatic imine (C=N–C) groups is 2. The molecule has 0 bridgehead atoms. The lowest BCUT2D eigenvalue weighted by molar-refractivity contribution is 0.103. The minimum absolute atomic E-state index is 0.180. The average molecular weight is 676 g/mol. The van der Waals surface area contributed by atoms with Gasteiger partial charge in [0.25, 0.3) is 0 Å². The standard InChI is InChI=1S/C33H40Cl2N4O7/c1-15-23(28(41-7)32(45-11)30(43-9)25(15)38-17(3)21(34)13-36-19(38)5)27(40)24-16(2)26(31(44-10)33(46-12)29(24)42-8)39-18(4)22(35)14-37-20(39)6/h13-14,19-20H,1-12H3. The molecule has 0 radical (unpaired) electrons. The lowest BCUT2D eigenvalue weighted by atomic mass is 9.90. The average Bonchev–Trinajstić information content (AvgIpc) is 3.04. The fourth-order valence-electron chi connectivity index (χ4n) is 6.12. The number of carbonyl (C=O) groups excluding carboxylic acids is 1. The van der Waals surface area contributed by atoms with Crippen LogP contribution in [-0.4, -0.2) is 73.2 Å². The molecule has 13 heteroatoms. The maximum atomic E-state index is 15.2. The van der Waals surface area contributed by atoms with Crippen LogP contribution in [0.3, 0.4) is 0 Å². The second-order valence-corrected chi connectivity index (χ2v) is 11.5. The molecule has 0 fully saturated rings. The molecule has 248 valence electrons. The van der Waals surface area contributed by atoms with E-state index in [0.717, 1.165) is 11.4 Å². The highest BCUT2D eigenvalue weighted by Crippen LogP contribution is 2.55. The van der Waals surface area contributed by atoms with Gasteiger partial charge in [0.1, 0.15) is 12.3 Å². The highest BCUT2D eigenvalue weighted by atomic mass is 35.5. The van der Waals surface area contributed by atoms with Crippen molar-refractivity contribution in [3.63, 3.8) is 0 Å². The fourth-order valence-corrected chi connectivity index (χ4v) is 6.42. The van der Waals surface area contributed by atoms with Crippen LogP contribution < -0.4 is 38.2 Å². The molecule has 0 saturated carbocycles. The van der Waals surface area contributed by atoms with Crippen molar-refractivity contribution in [1.82, 2.24) is 0 Å². The fraction of sp³-hybridized carbons (Fsp3) is 0.424. The van der Waals surface area contributed by atoms with Crippen LogP contribution in [0.25, 0.3) is 0 Å². The number of hydrogen-bond donors (Lipinski definition) is 0. The molecule has 0 saturated heterocycles. The van der Waals surface area contributed by atoms with Gasteiger partial charge >= 0.3 is 0 Å². The van der Waals surface area contributed by atoms with Gasteiger partial charge in [-0.1, -0.05) is 23.2 Å². The number of rotatable bonds is 10. The highest BCUT2D eigenvalue weighted by molar-refractivity contribution is 6.40. The molecule has 0 aromatic heterocycles. The van der Waals surface area contributed by atoms with Crippen LogP contribution in [0.5, 0.6) is 34.5 Å². The van der Waals surface area contributed by atoms with Crippen LogP contribution in [0.1, 0.15) is 54.7 Å². The van der Waals surface area contributed by atoms with E-state index in [1.807, 2.05) is 51.3 Å². The van der Waals surface area contributed by atoms with E-state index < -0.39 is 5.78 Å². The van der Waals surface area contributed by atoms with Crippen LogP contribution in [0.2, 0.25) is 0 Å².